The molecule has 31 heavy (non-hydrogen) atoms. The number of unbranched alkanes of at least 4 members (excludes halogenated alkanes) is 1. The molecular formula is C21H29N4O5P. The van der Waals surface area contributed by atoms with Crippen LogP contribution in [0.25, 0.3) is 11.2 Å². The van der Waals surface area contributed by atoms with Crippen molar-refractivity contribution in [2.45, 2.75) is 39.8 Å². The molecule has 0 aliphatic rings. The van der Waals surface area contributed by atoms with Crippen LogP contribution in [0.15, 0.2) is 46.2 Å². The van der Waals surface area contributed by atoms with E-state index >= 15 is 0 Å². The first-order chi connectivity index (χ1) is 14.9. The minimum atomic E-state index is -3.08. The summed E-state index contributed by atoms with van der Waals surface area (Å²) >= 11 is 0. The van der Waals surface area contributed by atoms with Gasteiger partial charge >= 0.3 is 13.3 Å². The fourth-order valence-corrected chi connectivity index (χ4v) is 5.27. The highest BCUT2D eigenvalue weighted by atomic mass is 31.2. The van der Waals surface area contributed by atoms with E-state index in [2.05, 4.69) is 4.98 Å². The smallest absolute Gasteiger partial charge is 0.325 e. The summed E-state index contributed by atoms with van der Waals surface area (Å²) in [5.41, 5.74) is 0.842. The molecule has 0 aliphatic heterocycles. The molecule has 0 saturated heterocycles. The second-order valence-corrected chi connectivity index (χ2v) is 9.39. The zero-order valence-electron chi connectivity index (χ0n) is 18.2. The van der Waals surface area contributed by atoms with Crippen LogP contribution in [-0.2, 0) is 33.7 Å². The molecule has 0 fully saturated rings. The van der Waals surface area contributed by atoms with E-state index in [1.165, 1.54) is 9.13 Å². The normalized spacial score (nSPS) is 12.0. The fraction of sp³-hybridized carbons (Fsp3) is 0.476. The Morgan fingerprint density at radius 1 is 1.03 bits per heavy atom. The van der Waals surface area contributed by atoms with Crippen LogP contribution in [0.3, 0.4) is 0 Å². The van der Waals surface area contributed by atoms with Crippen molar-refractivity contribution in [3.8, 4) is 0 Å². The molecule has 168 valence electrons. The quantitative estimate of drug-likeness (QED) is 0.330. The Kier molecular flexibility index (Phi) is 7.64. The lowest BCUT2D eigenvalue weighted by atomic mass is 10.2. The first kappa shape index (κ1) is 23.2. The number of rotatable bonds is 11. The van der Waals surface area contributed by atoms with Crippen LogP contribution in [-0.4, -0.2) is 38.1 Å². The topological polar surface area (TPSA) is 97.4 Å². The van der Waals surface area contributed by atoms with Crippen molar-refractivity contribution in [2.24, 2.45) is 7.05 Å². The summed E-state index contributed by atoms with van der Waals surface area (Å²) in [5, 5.41) is 0. The maximum absolute atomic E-state index is 13.2. The van der Waals surface area contributed by atoms with Gasteiger partial charge in [-0.1, -0.05) is 30.3 Å². The van der Waals surface area contributed by atoms with Crippen LogP contribution in [0, 0.1) is 0 Å². The number of hydrogen-bond donors (Lipinski definition) is 0. The number of imidazole rings is 1. The molecular weight excluding hydrogens is 419 g/mol. The summed E-state index contributed by atoms with van der Waals surface area (Å²) in [6.07, 6.45) is 3.17. The summed E-state index contributed by atoms with van der Waals surface area (Å²) in [6, 6.07) is 9.39. The third-order valence-electron chi connectivity index (χ3n) is 5.02. The Balaban J connectivity index is 1.82. The number of aryl methyl sites for hydroxylation is 2. The second kappa shape index (κ2) is 10.2. The standard InChI is InChI=1S/C21H29N4O5P/c1-4-29-31(28,30-5-2)14-10-9-13-24-16-22-19-18(24)20(26)25(21(27)23(19)3)15-17-11-7-6-8-12-17/h6-8,11-12,16H,4-5,9-10,13-15H2,1-3H3. The number of fused-ring (bicyclic) bond motifs is 1. The minimum Gasteiger partial charge on any atom is -0.325 e. The summed E-state index contributed by atoms with van der Waals surface area (Å²) in [6.45, 7) is 4.94. The zero-order valence-corrected chi connectivity index (χ0v) is 19.1. The number of benzene rings is 1. The Labute approximate surface area is 180 Å². The van der Waals surface area contributed by atoms with Crippen LogP contribution in [0.4, 0.5) is 0 Å². The van der Waals surface area contributed by atoms with Gasteiger partial charge in [0.15, 0.2) is 11.2 Å². The van der Waals surface area contributed by atoms with E-state index in [0.29, 0.717) is 49.9 Å². The molecule has 0 aliphatic carbocycles. The van der Waals surface area contributed by atoms with Crippen molar-refractivity contribution < 1.29 is 13.6 Å². The van der Waals surface area contributed by atoms with Crippen molar-refractivity contribution >= 4 is 18.8 Å². The van der Waals surface area contributed by atoms with Gasteiger partial charge in [-0.15, -0.1) is 0 Å². The predicted octanol–water partition coefficient (Wildman–Crippen LogP) is 2.99. The molecule has 3 rings (SSSR count). The van der Waals surface area contributed by atoms with E-state index in [1.807, 2.05) is 30.3 Å². The second-order valence-electron chi connectivity index (χ2n) is 7.21. The maximum atomic E-state index is 13.2. The summed E-state index contributed by atoms with van der Waals surface area (Å²) in [5.74, 6) is 0. The highest BCUT2D eigenvalue weighted by Crippen LogP contribution is 2.48. The Hall–Kier alpha value is -2.48. The van der Waals surface area contributed by atoms with Gasteiger partial charge in [-0.05, 0) is 32.3 Å². The fourth-order valence-electron chi connectivity index (χ4n) is 3.54. The van der Waals surface area contributed by atoms with Gasteiger partial charge in [-0.25, -0.2) is 9.78 Å². The van der Waals surface area contributed by atoms with Gasteiger partial charge in [0.1, 0.15) is 0 Å². The van der Waals surface area contributed by atoms with Gasteiger partial charge in [0.25, 0.3) is 5.56 Å². The van der Waals surface area contributed by atoms with Gasteiger partial charge in [-0.3, -0.25) is 18.5 Å². The van der Waals surface area contributed by atoms with Gasteiger partial charge in [0.05, 0.1) is 32.2 Å². The van der Waals surface area contributed by atoms with Crippen LogP contribution in [0.1, 0.15) is 32.3 Å². The van der Waals surface area contributed by atoms with E-state index < -0.39 is 13.3 Å². The lowest BCUT2D eigenvalue weighted by Crippen LogP contribution is -2.40. The third kappa shape index (κ3) is 5.23. The molecule has 0 atom stereocenters. The van der Waals surface area contributed by atoms with E-state index in [0.717, 1.165) is 5.56 Å². The van der Waals surface area contributed by atoms with Crippen LogP contribution in [0.2, 0.25) is 0 Å². The number of aromatic nitrogens is 4. The molecule has 9 nitrogen and oxygen atoms in total. The molecule has 2 heterocycles. The molecule has 0 bridgehead atoms. The molecule has 0 amide bonds. The first-order valence-corrected chi connectivity index (χ1v) is 12.2. The van der Waals surface area contributed by atoms with Crippen molar-refractivity contribution in [1.82, 2.24) is 18.7 Å². The van der Waals surface area contributed by atoms with E-state index in [-0.39, 0.29) is 12.1 Å². The van der Waals surface area contributed by atoms with Crippen LogP contribution < -0.4 is 11.2 Å². The zero-order chi connectivity index (χ0) is 22.4. The van der Waals surface area contributed by atoms with Crippen molar-refractivity contribution in [1.29, 1.82) is 0 Å². The first-order valence-electron chi connectivity index (χ1n) is 10.5. The summed E-state index contributed by atoms with van der Waals surface area (Å²) in [7, 11) is -1.47. The van der Waals surface area contributed by atoms with Gasteiger partial charge in [0, 0.05) is 13.6 Å². The van der Waals surface area contributed by atoms with E-state index in [4.69, 9.17) is 9.05 Å². The van der Waals surface area contributed by atoms with Crippen molar-refractivity contribution in [3.05, 3.63) is 63.1 Å². The number of nitrogens with zero attached hydrogens (tertiary/aromatic N) is 4. The van der Waals surface area contributed by atoms with Gasteiger partial charge in [-0.2, -0.15) is 0 Å². The molecule has 2 aromatic heterocycles. The Morgan fingerprint density at radius 3 is 2.35 bits per heavy atom. The SMILES string of the molecule is CCOP(=O)(CCCCn1cnc2c1c(=O)n(Cc1ccccc1)c(=O)n2C)OCC. The average molecular weight is 448 g/mol. The van der Waals surface area contributed by atoms with Crippen LogP contribution >= 0.6 is 7.60 Å². The highest BCUT2D eigenvalue weighted by Gasteiger charge is 2.23. The van der Waals surface area contributed by atoms with Crippen molar-refractivity contribution in [2.75, 3.05) is 19.4 Å². The molecule has 0 N–H and O–H groups in total. The number of hydrogen-bond acceptors (Lipinski definition) is 6. The predicted molar refractivity (Wildman–Crippen MR) is 120 cm³/mol. The monoisotopic (exact) mass is 448 g/mol. The molecule has 0 saturated carbocycles. The Morgan fingerprint density at radius 2 is 1.71 bits per heavy atom. The molecule has 0 spiro atoms. The van der Waals surface area contributed by atoms with Gasteiger partial charge < -0.3 is 13.6 Å². The Bertz CT molecular complexity index is 1170. The lowest BCUT2D eigenvalue weighted by Gasteiger charge is -2.16. The summed E-state index contributed by atoms with van der Waals surface area (Å²) in [4.78, 5) is 30.2. The average Bonchev–Trinajstić information content (AvgIpc) is 3.18. The van der Waals surface area contributed by atoms with Crippen LogP contribution in [0.5, 0.6) is 0 Å². The molecule has 1 aromatic carbocycles. The van der Waals surface area contributed by atoms with Crippen molar-refractivity contribution in [3.63, 3.8) is 0 Å². The molecule has 0 unspecified atom stereocenters. The van der Waals surface area contributed by atoms with E-state index in [1.54, 1.807) is 31.8 Å². The molecule has 3 aromatic rings. The highest BCUT2D eigenvalue weighted by molar-refractivity contribution is 7.53. The van der Waals surface area contributed by atoms with Gasteiger partial charge in [0.2, 0.25) is 0 Å². The molecule has 0 radical (unpaired) electrons. The van der Waals surface area contributed by atoms with E-state index in [9.17, 15) is 14.2 Å². The third-order valence-corrected chi connectivity index (χ3v) is 7.18. The lowest BCUT2D eigenvalue weighted by molar-refractivity contribution is 0.219. The minimum absolute atomic E-state index is 0.194. The maximum Gasteiger partial charge on any atom is 0.332 e. The largest absolute Gasteiger partial charge is 0.332 e. The summed E-state index contributed by atoms with van der Waals surface area (Å²) < 4.78 is 27.6. The molecule has 10 heteroatoms.